The number of pyridine rings is 4. The second kappa shape index (κ2) is 32.3. The Morgan fingerprint density at radius 2 is 1.02 bits per heavy atom. The number of hydrogen-bond acceptors (Lipinski definition) is 26. The molecule has 0 unspecified atom stereocenters. The van der Waals surface area contributed by atoms with E-state index in [0.29, 0.717) is 124 Å². The molecule has 0 aliphatic carbocycles. The fourth-order valence-corrected chi connectivity index (χ4v) is 12.6. The minimum Gasteiger partial charge on any atom is -0.486 e. The van der Waals surface area contributed by atoms with Crippen molar-refractivity contribution in [2.45, 2.75) is 128 Å². The molecule has 0 bridgehead atoms. The van der Waals surface area contributed by atoms with Crippen molar-refractivity contribution in [3.8, 4) is 23.0 Å². The number of halogens is 5. The number of morpholine rings is 2. The number of nitrogens with zero attached hydrogens (tertiary/aromatic N) is 12. The summed E-state index contributed by atoms with van der Waals surface area (Å²) in [6, 6.07) is 11.2. The fourth-order valence-electron chi connectivity index (χ4n) is 11.5. The summed E-state index contributed by atoms with van der Waals surface area (Å²) in [6.07, 6.45) is 7.77. The van der Waals surface area contributed by atoms with E-state index in [0.717, 1.165) is 16.8 Å². The molecule has 0 amide bonds. The van der Waals surface area contributed by atoms with Crippen molar-refractivity contribution in [2.24, 2.45) is 0 Å². The maximum Gasteiger partial charge on any atom is 1.00 e. The average molecular weight is 1540 g/mol. The first-order chi connectivity index (χ1) is 48.9. The minimum absolute atomic E-state index is 0. The van der Waals surface area contributed by atoms with E-state index in [9.17, 15) is 54.0 Å². The molecular formula is C67H80B2ClF4LiN14O16S2. The topological polar surface area (TPSA) is 390 Å². The van der Waals surface area contributed by atoms with Gasteiger partial charge in [-0.25, -0.2) is 61.3 Å². The van der Waals surface area contributed by atoms with E-state index in [1.807, 2.05) is 13.8 Å². The molecule has 30 nitrogen and oxygen atoms in total. The molecule has 107 heavy (non-hydrogen) atoms. The Balaban J connectivity index is 0.000000173. The van der Waals surface area contributed by atoms with Crippen molar-refractivity contribution < 1.29 is 111 Å². The molecule has 4 atom stereocenters. The first-order valence-corrected chi connectivity index (χ1v) is 36.7. The van der Waals surface area contributed by atoms with Gasteiger partial charge in [-0.2, -0.15) is 22.5 Å². The number of sulfone groups is 2. The summed E-state index contributed by atoms with van der Waals surface area (Å²) in [5.74, 6) is -0.321. The van der Waals surface area contributed by atoms with Crippen molar-refractivity contribution in [3.05, 3.63) is 127 Å². The molecule has 14 rings (SSSR count). The van der Waals surface area contributed by atoms with Gasteiger partial charge in [-0.05, 0) is 119 Å². The second-order valence-corrected chi connectivity index (χ2v) is 33.6. The summed E-state index contributed by atoms with van der Waals surface area (Å²) >= 11 is 6.09. The third-order valence-corrected chi connectivity index (χ3v) is 21.5. The van der Waals surface area contributed by atoms with Gasteiger partial charge in [0, 0.05) is 70.1 Å². The predicted molar refractivity (Wildman–Crippen MR) is 389 cm³/mol. The third-order valence-electron chi connectivity index (χ3n) is 17.2. The number of aromatic nitrogens is 12. The zero-order valence-electron chi connectivity index (χ0n) is 61.5. The number of carbonyl (C=O) groups is 2. The number of H-pyrrole nitrogens is 2. The molecule has 6 N–H and O–H groups in total. The van der Waals surface area contributed by atoms with Crippen molar-refractivity contribution in [1.29, 1.82) is 0 Å². The van der Waals surface area contributed by atoms with E-state index in [1.54, 1.807) is 87.6 Å². The molecule has 568 valence electrons. The van der Waals surface area contributed by atoms with Crippen LogP contribution in [0.25, 0.3) is 55.1 Å². The van der Waals surface area contributed by atoms with Gasteiger partial charge < -0.3 is 75.7 Å². The molecule has 0 aromatic carbocycles. The molecule has 14 heterocycles. The van der Waals surface area contributed by atoms with Gasteiger partial charge in [-0.15, -0.1) is 0 Å². The Morgan fingerprint density at radius 1 is 0.570 bits per heavy atom. The van der Waals surface area contributed by atoms with Crippen LogP contribution in [0.1, 0.15) is 94.5 Å². The SMILES string of the molecule is CC(C)(C)OC(=O)n1c(B(O)O)cc2cc(F)ncc21.CC(C)(C)OC(=O)n1ccc2cc(F)ncc21.C[C@@H]1COC[C@H]2COc3c(nc(-c4cc5cc(F)ncc5[nH]4)nc3C(C)(C)S(C)(=O)=O)N21.C[C@@H]1COC[C@H]2COc3c(nc(Cl)nc3C(C)(C)S(C)(=O)=O)N21.OB(O)c1cc2cc(F)ncc2[nH]1.[CH3-].[Li+]. The summed E-state index contributed by atoms with van der Waals surface area (Å²) in [5.41, 5.74) is 1.88. The summed E-state index contributed by atoms with van der Waals surface area (Å²) in [7, 11) is -10.4. The Bertz CT molecular complexity index is 5180. The van der Waals surface area contributed by atoms with Gasteiger partial charge in [0.05, 0.1) is 109 Å². The maximum atomic E-state index is 13.6. The molecule has 0 radical (unpaired) electrons. The Morgan fingerprint density at radius 3 is 1.51 bits per heavy atom. The van der Waals surface area contributed by atoms with Crippen molar-refractivity contribution >= 4 is 124 Å². The molecule has 10 aromatic rings. The largest absolute Gasteiger partial charge is 1.00 e. The van der Waals surface area contributed by atoms with E-state index < -0.39 is 90.6 Å². The van der Waals surface area contributed by atoms with E-state index >= 15 is 0 Å². The van der Waals surface area contributed by atoms with Crippen LogP contribution in [-0.4, -0.2) is 210 Å². The zero-order chi connectivity index (χ0) is 77.0. The molecule has 2 saturated heterocycles. The molecule has 4 aliphatic heterocycles. The van der Waals surface area contributed by atoms with Crippen LogP contribution >= 0.6 is 11.6 Å². The monoisotopic (exact) mass is 1540 g/mol. The van der Waals surface area contributed by atoms with Crippen molar-refractivity contribution in [1.82, 2.24) is 59.0 Å². The number of ether oxygens (including phenoxy) is 6. The second-order valence-electron chi connectivity index (χ2n) is 28.2. The van der Waals surface area contributed by atoms with E-state index in [2.05, 4.69) is 54.7 Å². The van der Waals surface area contributed by atoms with Crippen LogP contribution in [0.4, 0.5) is 38.8 Å². The van der Waals surface area contributed by atoms with E-state index in [4.69, 9.17) is 55.1 Å². The molecule has 0 spiro atoms. The van der Waals surface area contributed by atoms with Gasteiger partial charge in [-0.1, -0.05) is 0 Å². The minimum atomic E-state index is -3.54. The number of fused-ring (bicyclic) bond motifs is 10. The Kier molecular flexibility index (Phi) is 25.4. The maximum absolute atomic E-state index is 13.6. The van der Waals surface area contributed by atoms with Gasteiger partial charge in [-0.3, -0.25) is 9.13 Å². The van der Waals surface area contributed by atoms with Gasteiger partial charge in [0.15, 0.2) is 48.6 Å². The van der Waals surface area contributed by atoms with Crippen LogP contribution in [-0.2, 0) is 48.1 Å². The quantitative estimate of drug-likeness (QED) is 0.0427. The van der Waals surface area contributed by atoms with Crippen LogP contribution in [0, 0.1) is 31.2 Å². The van der Waals surface area contributed by atoms with E-state index in [-0.39, 0.29) is 72.4 Å². The average Bonchev–Trinajstić information content (AvgIpc) is 1.38. The number of hydrogen-bond donors (Lipinski definition) is 6. The van der Waals surface area contributed by atoms with Gasteiger partial charge >= 0.3 is 45.3 Å². The number of anilines is 2. The summed E-state index contributed by atoms with van der Waals surface area (Å²) < 4.78 is 135. The number of aromatic amines is 2. The van der Waals surface area contributed by atoms with Crippen LogP contribution in [0.3, 0.4) is 0 Å². The normalized spacial score (nSPS) is 17.0. The van der Waals surface area contributed by atoms with Gasteiger partial charge in [0.1, 0.15) is 45.3 Å². The molecule has 10 aromatic heterocycles. The van der Waals surface area contributed by atoms with Gasteiger partial charge in [0.2, 0.25) is 29.1 Å². The van der Waals surface area contributed by atoms with Crippen LogP contribution in [0.2, 0.25) is 5.28 Å². The van der Waals surface area contributed by atoms with E-state index in [1.165, 1.54) is 66.0 Å². The van der Waals surface area contributed by atoms with Gasteiger partial charge in [0.25, 0.3) is 0 Å². The number of rotatable bonds is 7. The van der Waals surface area contributed by atoms with Crippen molar-refractivity contribution in [2.75, 3.05) is 62.0 Å². The standard InChI is InChI=1S/C21H24FN5O4S.C14H20ClN3O4S.C12H14BFN2O4.C12H13FN2O2.C7H6BFN2O2.CH3.Li/c1-11-8-30-9-13-10-31-17-18(21(2,3)32(4,28)29)25-19(26-20(17)27(11)13)14-5-12-6-16(22)23-7-15(12)24-14;1-8-5-21-6-9-7-22-10-11(14(2,3)23(4,19)20)16-13(15)17-12(10)18(8)9;1-12(2,3)20-11(17)16-8-6-15-10(14)5-7(8)4-9(16)13(18)19;1-12(2,3)17-11(16)15-5-4-8-6-10(13)14-7-9(8)15;9-7-2-4-1-6(8(12)13)11-5(4)3-10-7;;/h5-7,11,13,24H,8-10H2,1-4H3;8-9H,5-7H2,1-4H3;4-6,18-19H,1-3H3;4-7H,1-3H3;1-3,11-13H;1H3;/q;;;;;-1;+1/t11-,13+;8-,9+;;;;;/m11...../s1. The molecular weight excluding hydrogens is 1460 g/mol. The summed E-state index contributed by atoms with van der Waals surface area (Å²) in [6.45, 7) is 23.8. The van der Waals surface area contributed by atoms with Crippen molar-refractivity contribution in [3.63, 3.8) is 0 Å². The third kappa shape index (κ3) is 18.6. The first kappa shape index (κ1) is 84.1. The number of carbonyl (C=O) groups excluding carboxylic acids is 2. The molecule has 2 fully saturated rings. The molecule has 4 aliphatic rings. The predicted octanol–water partition coefficient (Wildman–Crippen LogP) is 4.25. The summed E-state index contributed by atoms with van der Waals surface area (Å²) in [4.78, 5) is 66.1. The van der Waals surface area contributed by atoms with Crippen LogP contribution in [0.15, 0.2) is 79.5 Å². The Hall–Kier alpha value is -8.54. The first-order valence-electron chi connectivity index (χ1n) is 32.6. The van der Waals surface area contributed by atoms with Crippen LogP contribution < -0.4 is 49.3 Å². The van der Waals surface area contributed by atoms with Crippen LogP contribution in [0.5, 0.6) is 11.5 Å². The smallest absolute Gasteiger partial charge is 0.486 e. The Labute approximate surface area is 631 Å². The fraction of sp³-hybridized carbons (Fsp3) is 0.418. The molecule has 40 heteroatoms. The summed E-state index contributed by atoms with van der Waals surface area (Å²) in [5, 5.41) is 38.4. The zero-order valence-corrected chi connectivity index (χ0v) is 63.9. The number of nitrogens with one attached hydrogen (secondary N) is 2. The molecule has 0 saturated carbocycles.